The fraction of sp³-hybridized carbons (Fsp3) is 0.118. The number of rotatable bonds is 4. The van der Waals surface area contributed by atoms with Crippen LogP contribution in [-0.4, -0.2) is 12.1 Å². The molecular weight excluding hydrogens is 248 g/mol. The van der Waals surface area contributed by atoms with Crippen LogP contribution >= 0.6 is 0 Å². The third-order valence-electron chi connectivity index (χ3n) is 3.23. The molecule has 0 amide bonds. The van der Waals surface area contributed by atoms with Gasteiger partial charge in [0.2, 0.25) is 0 Å². The van der Waals surface area contributed by atoms with Crippen LogP contribution in [0.5, 0.6) is 5.75 Å². The Morgan fingerprint density at radius 3 is 2.90 bits per heavy atom. The molecule has 1 aromatic heterocycles. The molecule has 0 bridgehead atoms. The molecule has 0 aliphatic heterocycles. The molecule has 2 aromatic carbocycles. The van der Waals surface area contributed by atoms with E-state index in [4.69, 9.17) is 4.74 Å². The van der Waals surface area contributed by atoms with E-state index in [9.17, 15) is 0 Å². The zero-order chi connectivity index (χ0) is 13.8. The summed E-state index contributed by atoms with van der Waals surface area (Å²) in [5.41, 5.74) is 3.31. The lowest BCUT2D eigenvalue weighted by Gasteiger charge is -2.08. The van der Waals surface area contributed by atoms with Crippen LogP contribution in [0.3, 0.4) is 0 Å². The van der Waals surface area contributed by atoms with E-state index >= 15 is 0 Å². The Morgan fingerprint density at radius 2 is 2.00 bits per heavy atom. The average Bonchev–Trinajstić information content (AvgIpc) is 2.53. The first kappa shape index (κ1) is 12.5. The normalized spacial score (nSPS) is 10.4. The minimum Gasteiger partial charge on any atom is -0.497 e. The van der Waals surface area contributed by atoms with Gasteiger partial charge in [0.05, 0.1) is 12.6 Å². The Bertz CT molecular complexity index is 725. The average molecular weight is 264 g/mol. The zero-order valence-electron chi connectivity index (χ0n) is 11.3. The highest BCUT2D eigenvalue weighted by atomic mass is 16.5. The van der Waals surface area contributed by atoms with Crippen molar-refractivity contribution in [3.05, 3.63) is 66.4 Å². The number of aromatic nitrogens is 1. The van der Waals surface area contributed by atoms with E-state index in [1.807, 2.05) is 36.5 Å². The highest BCUT2D eigenvalue weighted by Crippen LogP contribution is 2.18. The maximum atomic E-state index is 5.22. The van der Waals surface area contributed by atoms with E-state index in [2.05, 4.69) is 34.6 Å². The molecule has 0 atom stereocenters. The lowest BCUT2D eigenvalue weighted by Crippen LogP contribution is -1.99. The summed E-state index contributed by atoms with van der Waals surface area (Å²) in [6.45, 7) is 0.776. The Labute approximate surface area is 118 Å². The summed E-state index contributed by atoms with van der Waals surface area (Å²) in [6, 6.07) is 18.3. The van der Waals surface area contributed by atoms with Crippen LogP contribution in [0, 0.1) is 0 Å². The van der Waals surface area contributed by atoms with Gasteiger partial charge in [0, 0.05) is 29.9 Å². The van der Waals surface area contributed by atoms with Crippen molar-refractivity contribution >= 4 is 16.6 Å². The Morgan fingerprint density at radius 1 is 1.05 bits per heavy atom. The van der Waals surface area contributed by atoms with Crippen molar-refractivity contribution < 1.29 is 4.74 Å². The molecule has 0 unspecified atom stereocenters. The van der Waals surface area contributed by atoms with E-state index in [0.717, 1.165) is 28.9 Å². The molecule has 3 nitrogen and oxygen atoms in total. The maximum absolute atomic E-state index is 5.22. The molecule has 0 spiro atoms. The predicted molar refractivity (Wildman–Crippen MR) is 82.1 cm³/mol. The van der Waals surface area contributed by atoms with Crippen molar-refractivity contribution in [3.8, 4) is 5.75 Å². The molecule has 3 aromatic rings. The van der Waals surface area contributed by atoms with Gasteiger partial charge in [-0.1, -0.05) is 18.2 Å². The van der Waals surface area contributed by atoms with Gasteiger partial charge in [0.1, 0.15) is 5.75 Å². The first-order valence-corrected chi connectivity index (χ1v) is 6.57. The largest absolute Gasteiger partial charge is 0.497 e. The van der Waals surface area contributed by atoms with Crippen molar-refractivity contribution in [3.63, 3.8) is 0 Å². The van der Waals surface area contributed by atoms with Crippen LogP contribution < -0.4 is 10.1 Å². The topological polar surface area (TPSA) is 34.1 Å². The highest BCUT2D eigenvalue weighted by Gasteiger charge is 1.99. The van der Waals surface area contributed by atoms with Crippen LogP contribution in [0.4, 0.5) is 5.69 Å². The van der Waals surface area contributed by atoms with Crippen LogP contribution in [0.1, 0.15) is 5.56 Å². The zero-order valence-corrected chi connectivity index (χ0v) is 11.3. The van der Waals surface area contributed by atoms with Gasteiger partial charge in [-0.15, -0.1) is 0 Å². The number of ether oxygens (including phenoxy) is 1. The molecule has 1 heterocycles. The van der Waals surface area contributed by atoms with E-state index in [-0.39, 0.29) is 0 Å². The Balaban J connectivity index is 1.76. The lowest BCUT2D eigenvalue weighted by molar-refractivity contribution is 0.415. The number of benzene rings is 2. The van der Waals surface area contributed by atoms with Gasteiger partial charge in [-0.3, -0.25) is 4.98 Å². The van der Waals surface area contributed by atoms with Gasteiger partial charge in [-0.25, -0.2) is 0 Å². The van der Waals surface area contributed by atoms with Crippen LogP contribution in [0.15, 0.2) is 60.8 Å². The molecule has 0 fully saturated rings. The lowest BCUT2D eigenvalue weighted by atomic mass is 10.1. The molecule has 0 radical (unpaired) electrons. The van der Waals surface area contributed by atoms with Gasteiger partial charge < -0.3 is 10.1 Å². The number of fused-ring (bicyclic) bond motifs is 1. The summed E-state index contributed by atoms with van der Waals surface area (Å²) in [4.78, 5) is 4.33. The first-order valence-electron chi connectivity index (χ1n) is 6.57. The van der Waals surface area contributed by atoms with Crippen molar-refractivity contribution in [1.29, 1.82) is 0 Å². The van der Waals surface area contributed by atoms with E-state index < -0.39 is 0 Å². The SMILES string of the molecule is COc1cccc(NCc2ccc3ncccc3c2)c1. The summed E-state index contributed by atoms with van der Waals surface area (Å²) in [6.07, 6.45) is 1.82. The monoisotopic (exact) mass is 264 g/mol. The van der Waals surface area contributed by atoms with Crippen LogP contribution in [-0.2, 0) is 6.54 Å². The van der Waals surface area contributed by atoms with Gasteiger partial charge >= 0.3 is 0 Å². The molecule has 3 heteroatoms. The number of nitrogens with zero attached hydrogens (tertiary/aromatic N) is 1. The number of nitrogens with one attached hydrogen (secondary N) is 1. The molecular formula is C17H16N2O. The van der Waals surface area contributed by atoms with Crippen molar-refractivity contribution in [1.82, 2.24) is 4.98 Å². The summed E-state index contributed by atoms with van der Waals surface area (Å²) in [7, 11) is 1.68. The summed E-state index contributed by atoms with van der Waals surface area (Å²) >= 11 is 0. The Hall–Kier alpha value is -2.55. The number of hydrogen-bond donors (Lipinski definition) is 1. The van der Waals surface area contributed by atoms with Crippen molar-refractivity contribution in [2.45, 2.75) is 6.54 Å². The number of methoxy groups -OCH3 is 1. The second kappa shape index (κ2) is 5.61. The molecule has 100 valence electrons. The van der Waals surface area contributed by atoms with Gasteiger partial charge in [0.15, 0.2) is 0 Å². The van der Waals surface area contributed by atoms with Crippen LogP contribution in [0.25, 0.3) is 10.9 Å². The number of anilines is 1. The summed E-state index contributed by atoms with van der Waals surface area (Å²) in [5.74, 6) is 0.859. The Kier molecular flexibility index (Phi) is 3.50. The number of pyridine rings is 1. The molecule has 1 N–H and O–H groups in total. The first-order chi connectivity index (χ1) is 9.85. The summed E-state index contributed by atoms with van der Waals surface area (Å²) < 4.78 is 5.22. The minimum absolute atomic E-state index is 0.776. The van der Waals surface area contributed by atoms with E-state index in [1.165, 1.54) is 5.56 Å². The number of hydrogen-bond acceptors (Lipinski definition) is 3. The second-order valence-electron chi connectivity index (χ2n) is 4.62. The standard InChI is InChI=1S/C17H16N2O/c1-20-16-6-2-5-15(11-16)19-12-13-7-8-17-14(10-13)4-3-9-18-17/h2-11,19H,12H2,1H3. The third-order valence-corrected chi connectivity index (χ3v) is 3.23. The summed E-state index contributed by atoms with van der Waals surface area (Å²) in [5, 5.41) is 4.56. The van der Waals surface area contributed by atoms with Crippen LogP contribution in [0.2, 0.25) is 0 Å². The maximum Gasteiger partial charge on any atom is 0.120 e. The second-order valence-corrected chi connectivity index (χ2v) is 4.62. The molecule has 0 saturated heterocycles. The minimum atomic E-state index is 0.776. The fourth-order valence-electron chi connectivity index (χ4n) is 2.17. The fourth-order valence-corrected chi connectivity index (χ4v) is 2.17. The third kappa shape index (κ3) is 2.72. The molecule has 20 heavy (non-hydrogen) atoms. The molecule has 3 rings (SSSR count). The van der Waals surface area contributed by atoms with Crippen molar-refractivity contribution in [2.24, 2.45) is 0 Å². The van der Waals surface area contributed by atoms with Gasteiger partial charge in [-0.05, 0) is 35.9 Å². The van der Waals surface area contributed by atoms with Crippen molar-refractivity contribution in [2.75, 3.05) is 12.4 Å². The van der Waals surface area contributed by atoms with Gasteiger partial charge in [0.25, 0.3) is 0 Å². The van der Waals surface area contributed by atoms with E-state index in [1.54, 1.807) is 7.11 Å². The highest BCUT2D eigenvalue weighted by molar-refractivity contribution is 5.79. The van der Waals surface area contributed by atoms with Gasteiger partial charge in [-0.2, -0.15) is 0 Å². The molecule has 0 aliphatic carbocycles. The van der Waals surface area contributed by atoms with E-state index in [0.29, 0.717) is 0 Å². The molecule has 0 saturated carbocycles. The molecule has 0 aliphatic rings. The predicted octanol–water partition coefficient (Wildman–Crippen LogP) is 3.86. The smallest absolute Gasteiger partial charge is 0.120 e. The quantitative estimate of drug-likeness (QED) is 0.777.